The largest absolute Gasteiger partial charge is 0.388 e. The molecule has 0 radical (unpaired) electrons. The van der Waals surface area contributed by atoms with Crippen molar-refractivity contribution < 1.29 is 4.39 Å². The Bertz CT molecular complexity index is 1120. The maximum absolute atomic E-state index is 13.5. The zero-order valence-corrected chi connectivity index (χ0v) is 21.6. The summed E-state index contributed by atoms with van der Waals surface area (Å²) in [5.41, 5.74) is 8.66. The van der Waals surface area contributed by atoms with E-state index >= 15 is 0 Å². The number of rotatable bonds is 6. The molecule has 5 rings (SSSR count). The fourth-order valence-corrected chi connectivity index (χ4v) is 5.69. The number of hydrogen-bond donors (Lipinski definition) is 4. The first kappa shape index (κ1) is 24.3. The van der Waals surface area contributed by atoms with Gasteiger partial charge in [-0.15, -0.1) is 23.3 Å². The summed E-state index contributed by atoms with van der Waals surface area (Å²) in [7, 11) is 0. The van der Waals surface area contributed by atoms with Crippen LogP contribution in [0.25, 0.3) is 22.2 Å². The number of nitrogens with one attached hydrogen (secondary N) is 2. The van der Waals surface area contributed by atoms with Crippen molar-refractivity contribution in [3.05, 3.63) is 71.2 Å². The third-order valence-electron chi connectivity index (χ3n) is 7.55. The van der Waals surface area contributed by atoms with E-state index in [4.69, 9.17) is 0 Å². The molecule has 2 saturated carbocycles. The average Bonchev–Trinajstić information content (AvgIpc) is 3.11. The third-order valence-corrected chi connectivity index (χ3v) is 7.55. The molecule has 5 heteroatoms. The summed E-state index contributed by atoms with van der Waals surface area (Å²) in [6.45, 7) is 12.0. The number of hydrogen-bond acceptors (Lipinski definition) is 3. The minimum atomic E-state index is -0.190. The van der Waals surface area contributed by atoms with E-state index in [0.717, 1.165) is 23.7 Å². The fourth-order valence-electron chi connectivity index (χ4n) is 5.69. The lowest BCUT2D eigenvalue weighted by atomic mass is 9.69. The zero-order chi connectivity index (χ0) is 23.7. The minimum Gasteiger partial charge on any atom is -0.388 e. The van der Waals surface area contributed by atoms with E-state index < -0.39 is 0 Å². The average molecular weight is 483 g/mol. The van der Waals surface area contributed by atoms with Crippen molar-refractivity contribution in [1.29, 1.82) is 0 Å². The van der Waals surface area contributed by atoms with Crippen molar-refractivity contribution in [2.75, 3.05) is 6.54 Å². The molecule has 33 heavy (non-hydrogen) atoms. The van der Waals surface area contributed by atoms with Gasteiger partial charge in [0, 0.05) is 28.8 Å². The number of allylic oxidation sites excluding steroid dienone is 1. The lowest BCUT2D eigenvalue weighted by Gasteiger charge is -2.39. The van der Waals surface area contributed by atoms with E-state index in [-0.39, 0.29) is 5.82 Å². The van der Waals surface area contributed by atoms with Gasteiger partial charge in [0.2, 0.25) is 0 Å². The molecule has 0 amide bonds. The van der Waals surface area contributed by atoms with Gasteiger partial charge in [0.05, 0.1) is 0 Å². The van der Waals surface area contributed by atoms with Gasteiger partial charge in [0.25, 0.3) is 0 Å². The van der Waals surface area contributed by atoms with Gasteiger partial charge in [-0.25, -0.2) is 4.39 Å². The van der Waals surface area contributed by atoms with Gasteiger partial charge in [-0.05, 0) is 110 Å². The summed E-state index contributed by atoms with van der Waals surface area (Å²) in [6.07, 6.45) is 4.95. The summed E-state index contributed by atoms with van der Waals surface area (Å²) in [4.78, 5) is 3.69. The maximum Gasteiger partial charge on any atom is 0.123 e. The fraction of sp³-hybridized carbons (Fsp3) is 0.429. The molecule has 2 aliphatic carbocycles. The molecule has 0 bridgehead atoms. The van der Waals surface area contributed by atoms with Gasteiger partial charge in [-0.1, -0.05) is 25.1 Å². The summed E-state index contributed by atoms with van der Waals surface area (Å²) in [5, 5.41) is 4.97. The van der Waals surface area contributed by atoms with Crippen LogP contribution in [0.15, 0.2) is 48.7 Å². The molecule has 0 saturated heterocycles. The first-order valence-electron chi connectivity index (χ1n) is 11.9. The highest BCUT2D eigenvalue weighted by molar-refractivity contribution is 8.59. The number of thiol groups is 2. The summed E-state index contributed by atoms with van der Waals surface area (Å²) in [6, 6.07) is 11.5. The molecule has 2 nitrogen and oxygen atoms in total. The standard InChI is InChI=1S/C28H33FN2.H2S2/c1-16-9-18(3)27-25(12-16)26(28(31-27)21-5-7-24(29)8-6-21)23-13-20(14-23)15-30-19(4)22-10-17(2)11-22;1-2/h5-9,12,17,20,22-23,30-31H,4,10-11,13-15H2,1-3H3;1-2H. The number of aromatic amines is 1. The SMILES string of the molecule is C=C(NCC1CC(c2c(-c3ccc(F)cc3)[nH]c3c(C)cc(C)cc23)C1)C1CC(C)C1.SS. The van der Waals surface area contributed by atoms with Crippen molar-refractivity contribution in [3.63, 3.8) is 0 Å². The van der Waals surface area contributed by atoms with E-state index in [0.29, 0.717) is 17.8 Å². The molecule has 1 aromatic heterocycles. The molecule has 2 aromatic carbocycles. The van der Waals surface area contributed by atoms with Crippen LogP contribution < -0.4 is 5.32 Å². The first-order valence-corrected chi connectivity index (χ1v) is 13.5. The number of aromatic nitrogens is 1. The van der Waals surface area contributed by atoms with Crippen molar-refractivity contribution in [2.24, 2.45) is 17.8 Å². The predicted octanol–water partition coefficient (Wildman–Crippen LogP) is 7.99. The number of halogens is 1. The number of fused-ring (bicyclic) bond motifs is 1. The molecule has 0 aliphatic heterocycles. The molecular weight excluding hydrogens is 447 g/mol. The van der Waals surface area contributed by atoms with Crippen LogP contribution in [0, 0.1) is 37.4 Å². The molecule has 176 valence electrons. The highest BCUT2D eigenvalue weighted by atomic mass is 33.1. The molecule has 0 atom stereocenters. The predicted molar refractivity (Wildman–Crippen MR) is 146 cm³/mol. The Morgan fingerprint density at radius 1 is 1.09 bits per heavy atom. The van der Waals surface area contributed by atoms with Gasteiger partial charge in [0.15, 0.2) is 0 Å². The lowest BCUT2D eigenvalue weighted by Crippen LogP contribution is -2.35. The van der Waals surface area contributed by atoms with Gasteiger partial charge >= 0.3 is 0 Å². The zero-order valence-electron chi connectivity index (χ0n) is 19.8. The Hall–Kier alpha value is -1.85. The third kappa shape index (κ3) is 5.00. The topological polar surface area (TPSA) is 27.8 Å². The van der Waals surface area contributed by atoms with E-state index in [9.17, 15) is 4.39 Å². The van der Waals surface area contributed by atoms with Crippen molar-refractivity contribution in [2.45, 2.75) is 52.4 Å². The van der Waals surface area contributed by atoms with Crippen LogP contribution in [0.3, 0.4) is 0 Å². The molecule has 1 heterocycles. The summed E-state index contributed by atoms with van der Waals surface area (Å²) < 4.78 is 13.5. The number of aryl methyl sites for hydroxylation is 2. The Morgan fingerprint density at radius 2 is 1.76 bits per heavy atom. The quantitative estimate of drug-likeness (QED) is 0.208. The van der Waals surface area contributed by atoms with E-state index in [1.807, 2.05) is 12.1 Å². The van der Waals surface area contributed by atoms with Crippen LogP contribution in [0.4, 0.5) is 4.39 Å². The van der Waals surface area contributed by atoms with Gasteiger partial charge in [0.1, 0.15) is 5.82 Å². The van der Waals surface area contributed by atoms with Crippen LogP contribution in [-0.2, 0) is 0 Å². The lowest BCUT2D eigenvalue weighted by molar-refractivity contribution is 0.223. The second-order valence-electron chi connectivity index (χ2n) is 10.1. The molecule has 2 aliphatic rings. The van der Waals surface area contributed by atoms with Gasteiger partial charge in [-0.2, -0.15) is 0 Å². The second kappa shape index (κ2) is 10.2. The van der Waals surface area contributed by atoms with Gasteiger partial charge in [-0.3, -0.25) is 0 Å². The summed E-state index contributed by atoms with van der Waals surface area (Å²) in [5.74, 6) is 2.57. The van der Waals surface area contributed by atoms with Crippen LogP contribution in [0.1, 0.15) is 55.2 Å². The molecular formula is C28H35FN2S2. The maximum atomic E-state index is 13.5. The number of benzene rings is 2. The Balaban J connectivity index is 0.00000126. The Morgan fingerprint density at radius 3 is 2.39 bits per heavy atom. The number of H-pyrrole nitrogens is 1. The second-order valence-corrected chi connectivity index (χ2v) is 10.1. The van der Waals surface area contributed by atoms with E-state index in [2.05, 4.69) is 73.1 Å². The highest BCUT2D eigenvalue weighted by Crippen LogP contribution is 2.48. The van der Waals surface area contributed by atoms with Crippen molar-refractivity contribution in [1.82, 2.24) is 10.3 Å². The first-order chi connectivity index (χ1) is 15.9. The van der Waals surface area contributed by atoms with Crippen LogP contribution in [0.5, 0.6) is 0 Å². The monoisotopic (exact) mass is 482 g/mol. The highest BCUT2D eigenvalue weighted by Gasteiger charge is 2.35. The Kier molecular flexibility index (Phi) is 7.49. The van der Waals surface area contributed by atoms with Crippen LogP contribution >= 0.6 is 23.3 Å². The van der Waals surface area contributed by atoms with Crippen LogP contribution in [0.2, 0.25) is 0 Å². The van der Waals surface area contributed by atoms with Crippen molar-refractivity contribution in [3.8, 4) is 11.3 Å². The van der Waals surface area contributed by atoms with Crippen molar-refractivity contribution >= 4 is 34.2 Å². The Labute approximate surface area is 207 Å². The van der Waals surface area contributed by atoms with E-state index in [1.54, 1.807) is 12.1 Å². The smallest absolute Gasteiger partial charge is 0.123 e. The van der Waals surface area contributed by atoms with Crippen LogP contribution in [-0.4, -0.2) is 11.5 Å². The molecule has 2 N–H and O–H groups in total. The van der Waals surface area contributed by atoms with E-state index in [1.165, 1.54) is 59.0 Å². The summed E-state index contributed by atoms with van der Waals surface area (Å²) >= 11 is 6.44. The minimum absolute atomic E-state index is 0.190. The normalized spacial score (nSPS) is 23.8. The molecule has 3 aromatic rings. The molecule has 0 spiro atoms. The van der Waals surface area contributed by atoms with Gasteiger partial charge < -0.3 is 10.3 Å². The molecule has 2 fully saturated rings. The molecule has 0 unspecified atom stereocenters.